The molecule has 4 heteroatoms. The lowest BCUT2D eigenvalue weighted by Crippen LogP contribution is -2.37. The number of nitrogens with zero attached hydrogens (tertiary/aromatic N) is 4. The van der Waals surface area contributed by atoms with Crippen molar-refractivity contribution in [1.82, 2.24) is 14.5 Å². The fraction of sp³-hybridized carbons (Fsp3) is 0.240. The molecule has 0 spiro atoms. The first-order valence-electron chi connectivity index (χ1n) is 19.2. The second-order valence-electron chi connectivity index (χ2n) is 16.1. The number of pyridine rings is 1. The second kappa shape index (κ2) is 14.9. The van der Waals surface area contributed by atoms with Crippen LogP contribution < -0.4 is 4.90 Å². The Morgan fingerprint density at radius 3 is 1.65 bits per heavy atom. The molecule has 272 valence electrons. The van der Waals surface area contributed by atoms with Crippen molar-refractivity contribution in [3.05, 3.63) is 162 Å². The molecule has 0 amide bonds. The quantitative estimate of drug-likeness (QED) is 0.150. The average Bonchev–Trinajstić information content (AvgIpc) is 3.65. The van der Waals surface area contributed by atoms with Crippen LogP contribution in [0.4, 0.5) is 11.4 Å². The normalized spacial score (nSPS) is 11.8. The van der Waals surface area contributed by atoms with Crippen molar-refractivity contribution in [1.29, 1.82) is 0 Å². The largest absolute Gasteiger partial charge is 0.336 e. The first kappa shape index (κ1) is 36.6. The number of benzene rings is 5. The molecule has 0 radical (unpaired) electrons. The van der Waals surface area contributed by atoms with Gasteiger partial charge in [-0.2, -0.15) is 0 Å². The summed E-state index contributed by atoms with van der Waals surface area (Å²) < 4.78 is 2.32. The van der Waals surface area contributed by atoms with E-state index >= 15 is 0 Å². The molecule has 0 bridgehead atoms. The molecule has 7 aromatic rings. The Kier molecular flexibility index (Phi) is 10.1. The smallest absolute Gasteiger partial charge is 0.144 e. The topological polar surface area (TPSA) is 34.0 Å². The third kappa shape index (κ3) is 7.39. The van der Waals surface area contributed by atoms with Gasteiger partial charge in [0.05, 0.1) is 11.4 Å². The van der Waals surface area contributed by atoms with Crippen LogP contribution in [0.5, 0.6) is 0 Å². The summed E-state index contributed by atoms with van der Waals surface area (Å²) >= 11 is 0. The van der Waals surface area contributed by atoms with Crippen molar-refractivity contribution in [2.24, 2.45) is 0 Å². The zero-order valence-electron chi connectivity index (χ0n) is 33.2. The van der Waals surface area contributed by atoms with E-state index in [0.29, 0.717) is 11.8 Å². The van der Waals surface area contributed by atoms with Crippen LogP contribution in [0.1, 0.15) is 82.6 Å². The highest BCUT2D eigenvalue weighted by atomic mass is 15.2. The van der Waals surface area contributed by atoms with Gasteiger partial charge in [0, 0.05) is 46.6 Å². The van der Waals surface area contributed by atoms with Crippen LogP contribution in [0.15, 0.2) is 140 Å². The molecule has 54 heavy (non-hydrogen) atoms. The van der Waals surface area contributed by atoms with Gasteiger partial charge in [0.25, 0.3) is 0 Å². The molecule has 0 N–H and O–H groups in total. The Morgan fingerprint density at radius 2 is 1.07 bits per heavy atom. The number of rotatable bonds is 9. The highest BCUT2D eigenvalue weighted by Crippen LogP contribution is 2.40. The van der Waals surface area contributed by atoms with Gasteiger partial charge in [-0.1, -0.05) is 107 Å². The van der Waals surface area contributed by atoms with Gasteiger partial charge in [0.2, 0.25) is 0 Å². The molecular formula is C50H52N4. The van der Waals surface area contributed by atoms with Gasteiger partial charge in [-0.05, 0) is 133 Å². The third-order valence-corrected chi connectivity index (χ3v) is 10.4. The Morgan fingerprint density at radius 1 is 0.537 bits per heavy atom. The third-order valence-electron chi connectivity index (χ3n) is 10.4. The monoisotopic (exact) mass is 708 g/mol. The molecule has 0 atom stereocenters. The molecule has 5 aromatic carbocycles. The van der Waals surface area contributed by atoms with Crippen LogP contribution in [0.2, 0.25) is 0 Å². The van der Waals surface area contributed by atoms with Crippen LogP contribution in [-0.2, 0) is 0 Å². The van der Waals surface area contributed by atoms with Gasteiger partial charge < -0.3 is 4.90 Å². The number of aromatic nitrogens is 3. The summed E-state index contributed by atoms with van der Waals surface area (Å²) in [4.78, 5) is 12.2. The predicted octanol–water partition coefficient (Wildman–Crippen LogP) is 13.7. The Balaban J connectivity index is 1.30. The zero-order chi connectivity index (χ0) is 38.1. The minimum Gasteiger partial charge on any atom is -0.336 e. The Hall–Kier alpha value is -5.74. The first-order chi connectivity index (χ1) is 25.9. The summed E-state index contributed by atoms with van der Waals surface area (Å²) in [6.07, 6.45) is 6.04. The molecule has 0 aliphatic carbocycles. The van der Waals surface area contributed by atoms with E-state index < -0.39 is 0 Å². The molecule has 4 nitrogen and oxygen atoms in total. The van der Waals surface area contributed by atoms with Crippen LogP contribution in [0.25, 0.3) is 50.6 Å². The van der Waals surface area contributed by atoms with Crippen LogP contribution in [0.3, 0.4) is 0 Å². The number of anilines is 2. The lowest BCUT2D eigenvalue weighted by Gasteiger charge is -2.38. The van der Waals surface area contributed by atoms with Gasteiger partial charge in [0.1, 0.15) is 5.82 Å². The molecule has 0 saturated carbocycles. The van der Waals surface area contributed by atoms with E-state index in [1.807, 2.05) is 12.4 Å². The molecule has 0 aliphatic rings. The maximum atomic E-state index is 5.02. The van der Waals surface area contributed by atoms with Gasteiger partial charge in [0.15, 0.2) is 0 Å². The Labute approximate surface area is 322 Å². The van der Waals surface area contributed by atoms with Gasteiger partial charge >= 0.3 is 0 Å². The van der Waals surface area contributed by atoms with Crippen molar-refractivity contribution in [2.75, 3.05) is 4.90 Å². The molecule has 0 unspecified atom stereocenters. The summed E-state index contributed by atoms with van der Waals surface area (Å²) in [5.41, 5.74) is 16.4. The first-order valence-corrected chi connectivity index (χ1v) is 19.2. The maximum absolute atomic E-state index is 5.02. The lowest BCUT2D eigenvalue weighted by molar-refractivity contribution is 0.560. The SMILES string of the molecule is Cc1cnc(-c2cccc(N(c3cccc(-c4nccn4-c4c(C(C)C)cc(-c5ccc(-c6ccccc6)cc5)cc4C(C)C)c3)C(C)(C)C)c2)cc1C. The molecule has 0 aliphatic heterocycles. The minimum absolute atomic E-state index is 0.200. The van der Waals surface area contributed by atoms with Crippen LogP contribution >= 0.6 is 0 Å². The Bertz CT molecular complexity index is 2360. The zero-order valence-corrected chi connectivity index (χ0v) is 33.2. The standard InChI is InChI=1S/C50H52N4/c1-33(2)45-30-42(39-23-21-38(22-24-39)37-15-11-10-12-16-37)31-46(34(3)4)48(45)53-26-25-51-49(53)41-18-14-20-44(29-41)54(50(7,8)9)43-19-13-17-40(28-43)47-27-35(5)36(6)32-52-47/h10-34H,1-9H3. The van der Waals surface area contributed by atoms with E-state index in [-0.39, 0.29) is 5.54 Å². The van der Waals surface area contributed by atoms with E-state index in [1.165, 1.54) is 50.2 Å². The van der Waals surface area contributed by atoms with Gasteiger partial charge in [-0.25, -0.2) is 4.98 Å². The van der Waals surface area contributed by atoms with Crippen molar-refractivity contribution >= 4 is 11.4 Å². The summed E-state index contributed by atoms with van der Waals surface area (Å²) in [6, 6.07) is 44.1. The van der Waals surface area contributed by atoms with E-state index in [4.69, 9.17) is 9.97 Å². The summed E-state index contributed by atoms with van der Waals surface area (Å²) in [6.45, 7) is 20.2. The summed E-state index contributed by atoms with van der Waals surface area (Å²) in [7, 11) is 0. The van der Waals surface area contributed by atoms with Crippen LogP contribution in [-0.4, -0.2) is 20.1 Å². The molecule has 7 rings (SSSR count). The van der Waals surface area contributed by atoms with Crippen molar-refractivity contribution in [3.63, 3.8) is 0 Å². The van der Waals surface area contributed by atoms with E-state index in [1.54, 1.807) is 0 Å². The van der Waals surface area contributed by atoms with E-state index in [9.17, 15) is 0 Å². The van der Waals surface area contributed by atoms with Gasteiger partial charge in [-0.15, -0.1) is 0 Å². The summed E-state index contributed by atoms with van der Waals surface area (Å²) in [5, 5.41) is 0. The average molecular weight is 709 g/mol. The highest BCUT2D eigenvalue weighted by molar-refractivity contribution is 5.77. The molecule has 2 aromatic heterocycles. The van der Waals surface area contributed by atoms with E-state index in [0.717, 1.165) is 34.0 Å². The van der Waals surface area contributed by atoms with Crippen molar-refractivity contribution < 1.29 is 0 Å². The fourth-order valence-electron chi connectivity index (χ4n) is 7.48. The predicted molar refractivity (Wildman–Crippen MR) is 229 cm³/mol. The highest BCUT2D eigenvalue weighted by Gasteiger charge is 2.26. The second-order valence-corrected chi connectivity index (χ2v) is 16.1. The molecular weight excluding hydrogens is 657 g/mol. The number of hydrogen-bond donors (Lipinski definition) is 0. The number of hydrogen-bond acceptors (Lipinski definition) is 3. The number of imidazole rings is 1. The van der Waals surface area contributed by atoms with Crippen molar-refractivity contribution in [2.45, 2.75) is 79.7 Å². The minimum atomic E-state index is -0.200. The number of aryl methyl sites for hydroxylation is 2. The van der Waals surface area contributed by atoms with Crippen LogP contribution in [0, 0.1) is 13.8 Å². The lowest BCUT2D eigenvalue weighted by atomic mass is 9.88. The molecule has 0 saturated heterocycles. The molecule has 0 fully saturated rings. The van der Waals surface area contributed by atoms with Gasteiger partial charge in [-0.3, -0.25) is 9.55 Å². The summed E-state index contributed by atoms with van der Waals surface area (Å²) in [5.74, 6) is 1.54. The fourth-order valence-corrected chi connectivity index (χ4v) is 7.48. The maximum Gasteiger partial charge on any atom is 0.144 e. The van der Waals surface area contributed by atoms with E-state index in [2.05, 4.69) is 199 Å². The molecule has 2 heterocycles. The van der Waals surface area contributed by atoms with Crippen molar-refractivity contribution in [3.8, 4) is 50.6 Å².